The molecule has 5 nitrogen and oxygen atoms in total. The highest BCUT2D eigenvalue weighted by molar-refractivity contribution is 5.75. The number of nitrogens with zero attached hydrogens (tertiary/aromatic N) is 3. The fraction of sp³-hybridized carbons (Fsp3) is 0.154. The summed E-state index contributed by atoms with van der Waals surface area (Å²) in [7, 11) is 0. The molecule has 0 unspecified atom stereocenters. The highest BCUT2D eigenvalue weighted by atomic mass is 16.3. The lowest BCUT2D eigenvalue weighted by molar-refractivity contribution is 0.559. The van der Waals surface area contributed by atoms with Gasteiger partial charge in [0.25, 0.3) is 5.56 Å². The molecule has 0 atom stereocenters. The zero-order valence-corrected chi connectivity index (χ0v) is 10.0. The first-order chi connectivity index (χ1) is 8.63. The topological polar surface area (TPSA) is 71.3 Å². The van der Waals surface area contributed by atoms with Crippen LogP contribution in [0.25, 0.3) is 0 Å². The molecule has 2 rings (SSSR count). The van der Waals surface area contributed by atoms with Crippen molar-refractivity contribution in [3.63, 3.8) is 0 Å². The van der Waals surface area contributed by atoms with Crippen molar-refractivity contribution in [2.75, 3.05) is 0 Å². The van der Waals surface area contributed by atoms with E-state index in [1.807, 2.05) is 6.07 Å². The Hall–Kier alpha value is -2.61. The molecule has 5 heteroatoms. The molecule has 0 saturated heterocycles. The van der Waals surface area contributed by atoms with Gasteiger partial charge < -0.3 is 4.42 Å². The molecular weight excluding hydrogens is 230 g/mol. The van der Waals surface area contributed by atoms with E-state index in [1.54, 1.807) is 32.0 Å². The van der Waals surface area contributed by atoms with Crippen molar-refractivity contribution < 1.29 is 4.42 Å². The van der Waals surface area contributed by atoms with Crippen LogP contribution >= 0.6 is 0 Å². The van der Waals surface area contributed by atoms with Gasteiger partial charge in [0.05, 0.1) is 12.5 Å². The Morgan fingerprint density at radius 1 is 1.50 bits per heavy atom. The molecule has 0 aliphatic carbocycles. The molecule has 0 saturated carbocycles. The molecule has 0 radical (unpaired) electrons. The molecule has 0 bridgehead atoms. The van der Waals surface area contributed by atoms with Gasteiger partial charge in [-0.25, -0.2) is 4.68 Å². The highest BCUT2D eigenvalue weighted by Crippen LogP contribution is 2.05. The fourth-order valence-electron chi connectivity index (χ4n) is 1.64. The average molecular weight is 241 g/mol. The maximum Gasteiger partial charge on any atom is 0.289 e. The van der Waals surface area contributed by atoms with Crippen LogP contribution in [0.2, 0.25) is 0 Å². The molecule has 0 aliphatic rings. The van der Waals surface area contributed by atoms with Crippen LogP contribution in [0, 0.1) is 25.2 Å². The van der Waals surface area contributed by atoms with Gasteiger partial charge in [0.2, 0.25) is 0 Å². The van der Waals surface area contributed by atoms with E-state index in [0.29, 0.717) is 17.0 Å². The normalized spacial score (nSPS) is 10.7. The number of rotatable bonds is 2. The Labute approximate surface area is 104 Å². The van der Waals surface area contributed by atoms with E-state index in [-0.39, 0.29) is 5.56 Å². The van der Waals surface area contributed by atoms with Gasteiger partial charge in [-0.2, -0.15) is 10.4 Å². The predicted molar refractivity (Wildman–Crippen MR) is 66.6 cm³/mol. The Kier molecular flexibility index (Phi) is 3.11. The van der Waals surface area contributed by atoms with Crippen LogP contribution in [0.5, 0.6) is 0 Å². The van der Waals surface area contributed by atoms with Crippen molar-refractivity contribution >= 4 is 6.21 Å². The standard InChI is InChI=1S/C13H11N3O2/c1-9-6-10(2)16(13(17)12(9)7-14)15-8-11-4-3-5-18-11/h3-6,8H,1-2H3/b15-8-. The first kappa shape index (κ1) is 11.9. The van der Waals surface area contributed by atoms with E-state index >= 15 is 0 Å². The van der Waals surface area contributed by atoms with E-state index in [0.717, 1.165) is 0 Å². The number of nitriles is 1. The lowest BCUT2D eigenvalue weighted by atomic mass is 10.1. The Balaban J connectivity index is 2.53. The maximum atomic E-state index is 12.0. The Morgan fingerprint density at radius 2 is 2.28 bits per heavy atom. The molecule has 2 heterocycles. The average Bonchev–Trinajstić information content (AvgIpc) is 2.81. The summed E-state index contributed by atoms with van der Waals surface area (Å²) in [6.07, 6.45) is 2.96. The largest absolute Gasteiger partial charge is 0.463 e. The summed E-state index contributed by atoms with van der Waals surface area (Å²) in [4.78, 5) is 12.0. The van der Waals surface area contributed by atoms with Gasteiger partial charge in [0, 0.05) is 5.69 Å². The summed E-state index contributed by atoms with van der Waals surface area (Å²) in [6.45, 7) is 3.49. The van der Waals surface area contributed by atoms with E-state index in [1.165, 1.54) is 17.2 Å². The first-order valence-corrected chi connectivity index (χ1v) is 5.34. The maximum absolute atomic E-state index is 12.0. The molecule has 2 aromatic rings. The minimum Gasteiger partial charge on any atom is -0.463 e. The molecule has 0 N–H and O–H groups in total. The van der Waals surface area contributed by atoms with Gasteiger partial charge >= 0.3 is 0 Å². The number of furan rings is 1. The fourth-order valence-corrected chi connectivity index (χ4v) is 1.64. The molecule has 0 aliphatic heterocycles. The summed E-state index contributed by atoms with van der Waals surface area (Å²) in [5.41, 5.74) is 1.01. The second-order valence-corrected chi connectivity index (χ2v) is 3.83. The van der Waals surface area contributed by atoms with Crippen molar-refractivity contribution in [3.8, 4) is 6.07 Å². The predicted octanol–water partition coefficient (Wildman–Crippen LogP) is 1.81. The molecule has 90 valence electrons. The van der Waals surface area contributed by atoms with Gasteiger partial charge in [0.1, 0.15) is 17.4 Å². The molecule has 0 fully saturated rings. The van der Waals surface area contributed by atoms with Gasteiger partial charge in [-0.3, -0.25) is 4.79 Å². The SMILES string of the molecule is Cc1cc(C)n(/N=C\c2ccco2)c(=O)c1C#N. The summed E-state index contributed by atoms with van der Waals surface area (Å²) in [5, 5.41) is 13.0. The van der Waals surface area contributed by atoms with Crippen molar-refractivity contribution in [3.05, 3.63) is 57.4 Å². The highest BCUT2D eigenvalue weighted by Gasteiger charge is 2.08. The quantitative estimate of drug-likeness (QED) is 0.753. The van der Waals surface area contributed by atoms with Gasteiger partial charge in [0.15, 0.2) is 0 Å². The minimum absolute atomic E-state index is 0.109. The van der Waals surface area contributed by atoms with Crippen LogP contribution < -0.4 is 5.56 Å². The van der Waals surface area contributed by atoms with Crippen LogP contribution in [0.4, 0.5) is 0 Å². The van der Waals surface area contributed by atoms with E-state index in [9.17, 15) is 4.79 Å². The van der Waals surface area contributed by atoms with Gasteiger partial charge in [-0.05, 0) is 37.6 Å². The second-order valence-electron chi connectivity index (χ2n) is 3.83. The zero-order valence-electron chi connectivity index (χ0n) is 10.0. The number of aryl methyl sites for hydroxylation is 2. The van der Waals surface area contributed by atoms with Crippen molar-refractivity contribution in [2.24, 2.45) is 5.10 Å². The van der Waals surface area contributed by atoms with Crippen molar-refractivity contribution in [1.82, 2.24) is 4.68 Å². The van der Waals surface area contributed by atoms with Crippen LogP contribution in [-0.4, -0.2) is 10.9 Å². The third-order valence-corrected chi connectivity index (χ3v) is 2.52. The van der Waals surface area contributed by atoms with Crippen molar-refractivity contribution in [1.29, 1.82) is 5.26 Å². The second kappa shape index (κ2) is 4.72. The molecule has 0 amide bonds. The lowest BCUT2D eigenvalue weighted by Crippen LogP contribution is -2.22. The van der Waals surface area contributed by atoms with Gasteiger partial charge in [-0.1, -0.05) is 0 Å². The third-order valence-electron chi connectivity index (χ3n) is 2.52. The van der Waals surface area contributed by atoms with Gasteiger partial charge in [-0.15, -0.1) is 0 Å². The van der Waals surface area contributed by atoms with Crippen molar-refractivity contribution in [2.45, 2.75) is 13.8 Å². The van der Waals surface area contributed by atoms with E-state index in [2.05, 4.69) is 5.10 Å². The molecule has 0 spiro atoms. The van der Waals surface area contributed by atoms with E-state index in [4.69, 9.17) is 9.68 Å². The minimum atomic E-state index is -0.419. The molecule has 0 aromatic carbocycles. The smallest absolute Gasteiger partial charge is 0.289 e. The third kappa shape index (κ3) is 2.09. The Bertz CT molecular complexity index is 688. The number of hydrogen-bond acceptors (Lipinski definition) is 4. The monoisotopic (exact) mass is 241 g/mol. The molecular formula is C13H11N3O2. The summed E-state index contributed by atoms with van der Waals surface area (Å²) in [6, 6.07) is 7.10. The van der Waals surface area contributed by atoms with Crippen LogP contribution in [0.15, 0.2) is 38.8 Å². The summed E-state index contributed by atoms with van der Waals surface area (Å²) >= 11 is 0. The number of pyridine rings is 1. The number of hydrogen-bond donors (Lipinski definition) is 0. The summed E-state index contributed by atoms with van der Waals surface area (Å²) < 4.78 is 6.27. The van der Waals surface area contributed by atoms with E-state index < -0.39 is 5.56 Å². The summed E-state index contributed by atoms with van der Waals surface area (Å²) in [5.74, 6) is 0.542. The Morgan fingerprint density at radius 3 is 2.89 bits per heavy atom. The molecule has 18 heavy (non-hydrogen) atoms. The van der Waals surface area contributed by atoms with Crippen LogP contribution in [-0.2, 0) is 0 Å². The zero-order chi connectivity index (χ0) is 13.1. The first-order valence-electron chi connectivity index (χ1n) is 5.34. The lowest BCUT2D eigenvalue weighted by Gasteiger charge is -2.05. The molecule has 2 aromatic heterocycles. The number of aromatic nitrogens is 1. The van der Waals surface area contributed by atoms with Crippen LogP contribution in [0.1, 0.15) is 22.6 Å². The van der Waals surface area contributed by atoms with Crippen LogP contribution in [0.3, 0.4) is 0 Å².